The molecular formula is C39H27N3. The molecule has 3 heterocycles. The van der Waals surface area contributed by atoms with Gasteiger partial charge in [-0.05, 0) is 88.0 Å². The summed E-state index contributed by atoms with van der Waals surface area (Å²) in [6.07, 6.45) is 5.49. The summed E-state index contributed by atoms with van der Waals surface area (Å²) in [7, 11) is 0. The molecule has 0 spiro atoms. The lowest BCUT2D eigenvalue weighted by atomic mass is 9.92. The van der Waals surface area contributed by atoms with Gasteiger partial charge in [-0.15, -0.1) is 0 Å². The molecule has 0 atom stereocenters. The van der Waals surface area contributed by atoms with E-state index in [1.807, 2.05) is 73.2 Å². The van der Waals surface area contributed by atoms with Gasteiger partial charge in [0, 0.05) is 35.3 Å². The van der Waals surface area contributed by atoms with Gasteiger partial charge in [-0.1, -0.05) is 91.0 Å². The molecule has 0 aliphatic heterocycles. The Bertz CT molecular complexity index is 1670. The lowest BCUT2D eigenvalue weighted by Gasteiger charge is -2.13. The quantitative estimate of drug-likeness (QED) is 0.212. The van der Waals surface area contributed by atoms with Crippen molar-refractivity contribution >= 4 is 0 Å². The van der Waals surface area contributed by atoms with E-state index in [-0.39, 0.29) is 0 Å². The third-order valence-electron chi connectivity index (χ3n) is 7.47. The van der Waals surface area contributed by atoms with Crippen LogP contribution in [0.15, 0.2) is 164 Å². The Hall–Kier alpha value is -5.67. The first kappa shape index (κ1) is 25.3. The maximum atomic E-state index is 4.51. The van der Waals surface area contributed by atoms with Gasteiger partial charge in [-0.3, -0.25) is 15.0 Å². The zero-order valence-electron chi connectivity index (χ0n) is 22.9. The van der Waals surface area contributed by atoms with E-state index in [4.69, 9.17) is 0 Å². The van der Waals surface area contributed by atoms with Crippen LogP contribution in [0, 0.1) is 0 Å². The maximum Gasteiger partial charge on any atom is 0.0701 e. The summed E-state index contributed by atoms with van der Waals surface area (Å²) in [4.78, 5) is 13.5. The predicted molar refractivity (Wildman–Crippen MR) is 172 cm³/mol. The van der Waals surface area contributed by atoms with Gasteiger partial charge in [0.05, 0.1) is 17.1 Å². The molecule has 0 amide bonds. The van der Waals surface area contributed by atoms with Crippen LogP contribution in [-0.4, -0.2) is 15.0 Å². The SMILES string of the molecule is c1ccc(-c2ccc(-c3cc(-c4ccc(-c5ccccn5)cc4)cc(-c4ccc(-c5ccccn5)cc4)c3)cc2)nc1. The second kappa shape index (κ2) is 11.4. The van der Waals surface area contributed by atoms with E-state index in [9.17, 15) is 0 Å². The number of hydrogen-bond acceptors (Lipinski definition) is 3. The fourth-order valence-corrected chi connectivity index (χ4v) is 5.23. The van der Waals surface area contributed by atoms with Crippen molar-refractivity contribution in [1.82, 2.24) is 15.0 Å². The third-order valence-corrected chi connectivity index (χ3v) is 7.47. The average Bonchev–Trinajstić information content (AvgIpc) is 3.09. The van der Waals surface area contributed by atoms with Crippen LogP contribution in [0.5, 0.6) is 0 Å². The Balaban J connectivity index is 1.29. The molecule has 0 saturated heterocycles. The second-order valence-electron chi connectivity index (χ2n) is 10.2. The number of rotatable bonds is 6. The molecule has 0 saturated carbocycles. The van der Waals surface area contributed by atoms with E-state index in [0.717, 1.165) is 67.2 Å². The molecule has 7 aromatic rings. The van der Waals surface area contributed by atoms with Crippen molar-refractivity contribution in [2.75, 3.05) is 0 Å². The summed E-state index contributed by atoms with van der Waals surface area (Å²) in [5.41, 5.74) is 13.2. The van der Waals surface area contributed by atoms with Gasteiger partial charge in [-0.2, -0.15) is 0 Å². The van der Waals surface area contributed by atoms with Crippen molar-refractivity contribution in [1.29, 1.82) is 0 Å². The predicted octanol–water partition coefficient (Wildman–Crippen LogP) is 9.87. The zero-order valence-corrected chi connectivity index (χ0v) is 22.9. The highest BCUT2D eigenvalue weighted by molar-refractivity contribution is 5.83. The Morgan fingerprint density at radius 3 is 0.738 bits per heavy atom. The molecule has 0 radical (unpaired) electrons. The number of aromatic nitrogens is 3. The standard InChI is InChI=1S/C39H27N3/c1-4-22-40-37(7-1)31-16-10-28(11-17-31)34-25-35(29-12-18-32(19-13-29)38-8-2-5-23-41-38)27-36(26-34)30-14-20-33(21-15-30)39-9-3-6-24-42-39/h1-27H. The zero-order chi connectivity index (χ0) is 28.1. The van der Waals surface area contributed by atoms with Crippen LogP contribution < -0.4 is 0 Å². The van der Waals surface area contributed by atoms with Crippen LogP contribution in [0.25, 0.3) is 67.2 Å². The molecule has 0 bridgehead atoms. The van der Waals surface area contributed by atoms with Crippen LogP contribution in [0.4, 0.5) is 0 Å². The van der Waals surface area contributed by atoms with Crippen molar-refractivity contribution < 1.29 is 0 Å². The van der Waals surface area contributed by atoms with Crippen molar-refractivity contribution in [3.05, 3.63) is 164 Å². The maximum absolute atomic E-state index is 4.51. The summed E-state index contributed by atoms with van der Waals surface area (Å²) in [6.45, 7) is 0. The van der Waals surface area contributed by atoms with Crippen LogP contribution >= 0.6 is 0 Å². The van der Waals surface area contributed by atoms with Crippen molar-refractivity contribution in [2.24, 2.45) is 0 Å². The van der Waals surface area contributed by atoms with Crippen LogP contribution in [0.1, 0.15) is 0 Å². The van der Waals surface area contributed by atoms with Gasteiger partial charge < -0.3 is 0 Å². The Kier molecular flexibility index (Phi) is 6.89. The van der Waals surface area contributed by atoms with Gasteiger partial charge in [0.2, 0.25) is 0 Å². The topological polar surface area (TPSA) is 38.7 Å². The number of hydrogen-bond donors (Lipinski definition) is 0. The van der Waals surface area contributed by atoms with E-state index >= 15 is 0 Å². The average molecular weight is 538 g/mol. The molecule has 0 aliphatic rings. The lowest BCUT2D eigenvalue weighted by Crippen LogP contribution is -1.88. The molecule has 0 N–H and O–H groups in total. The second-order valence-corrected chi connectivity index (χ2v) is 10.2. The minimum atomic E-state index is 0.972. The molecule has 3 aromatic heterocycles. The largest absolute Gasteiger partial charge is 0.256 e. The molecule has 42 heavy (non-hydrogen) atoms. The highest BCUT2D eigenvalue weighted by atomic mass is 14.7. The van der Waals surface area contributed by atoms with Crippen molar-refractivity contribution in [3.8, 4) is 67.2 Å². The van der Waals surface area contributed by atoms with E-state index in [1.165, 1.54) is 0 Å². The first-order chi connectivity index (χ1) is 20.8. The Morgan fingerprint density at radius 2 is 0.500 bits per heavy atom. The minimum Gasteiger partial charge on any atom is -0.256 e. The van der Waals surface area contributed by atoms with Gasteiger partial charge in [-0.25, -0.2) is 0 Å². The molecule has 198 valence electrons. The number of benzene rings is 4. The highest BCUT2D eigenvalue weighted by Crippen LogP contribution is 2.35. The molecule has 4 aromatic carbocycles. The smallest absolute Gasteiger partial charge is 0.0701 e. The van der Waals surface area contributed by atoms with Crippen LogP contribution in [0.3, 0.4) is 0 Å². The molecular weight excluding hydrogens is 510 g/mol. The third kappa shape index (κ3) is 5.36. The van der Waals surface area contributed by atoms with Crippen molar-refractivity contribution in [3.63, 3.8) is 0 Å². The summed E-state index contributed by atoms with van der Waals surface area (Å²) < 4.78 is 0. The number of pyridine rings is 3. The highest BCUT2D eigenvalue weighted by Gasteiger charge is 2.10. The molecule has 7 rings (SSSR count). The van der Waals surface area contributed by atoms with Gasteiger partial charge in [0.25, 0.3) is 0 Å². The fourth-order valence-electron chi connectivity index (χ4n) is 5.23. The minimum absolute atomic E-state index is 0.972. The first-order valence-corrected chi connectivity index (χ1v) is 14.0. The first-order valence-electron chi connectivity index (χ1n) is 14.0. The molecule has 3 heteroatoms. The van der Waals surface area contributed by atoms with Crippen LogP contribution in [0.2, 0.25) is 0 Å². The summed E-state index contributed by atoms with van der Waals surface area (Å²) in [5, 5.41) is 0. The van der Waals surface area contributed by atoms with Gasteiger partial charge in [0.15, 0.2) is 0 Å². The van der Waals surface area contributed by atoms with Crippen LogP contribution in [-0.2, 0) is 0 Å². The molecule has 0 unspecified atom stereocenters. The fraction of sp³-hybridized carbons (Fsp3) is 0. The Morgan fingerprint density at radius 1 is 0.238 bits per heavy atom. The van der Waals surface area contributed by atoms with E-state index in [1.54, 1.807) is 0 Å². The molecule has 3 nitrogen and oxygen atoms in total. The summed E-state index contributed by atoms with van der Waals surface area (Å²) >= 11 is 0. The van der Waals surface area contributed by atoms with E-state index in [0.29, 0.717) is 0 Å². The molecule has 0 fully saturated rings. The summed E-state index contributed by atoms with van der Waals surface area (Å²) in [6, 6.07) is 50.8. The van der Waals surface area contributed by atoms with Crippen molar-refractivity contribution in [2.45, 2.75) is 0 Å². The molecule has 0 aliphatic carbocycles. The van der Waals surface area contributed by atoms with Gasteiger partial charge >= 0.3 is 0 Å². The van der Waals surface area contributed by atoms with Gasteiger partial charge in [0.1, 0.15) is 0 Å². The summed E-state index contributed by atoms with van der Waals surface area (Å²) in [5.74, 6) is 0. The van der Waals surface area contributed by atoms with E-state index in [2.05, 4.69) is 106 Å². The normalized spacial score (nSPS) is 10.9. The monoisotopic (exact) mass is 537 g/mol. The van der Waals surface area contributed by atoms with E-state index < -0.39 is 0 Å². The number of nitrogens with zero attached hydrogens (tertiary/aromatic N) is 3. The lowest BCUT2D eigenvalue weighted by molar-refractivity contribution is 1.33. The Labute approximate surface area is 245 Å².